The van der Waals surface area contributed by atoms with Crippen LogP contribution < -0.4 is 4.74 Å². The van der Waals surface area contributed by atoms with Crippen LogP contribution in [-0.2, 0) is 19.1 Å². The Morgan fingerprint density at radius 3 is 2.54 bits per heavy atom. The summed E-state index contributed by atoms with van der Waals surface area (Å²) in [6, 6.07) is 6.00. The van der Waals surface area contributed by atoms with Crippen molar-refractivity contribution in [3.63, 3.8) is 0 Å². The van der Waals surface area contributed by atoms with Crippen LogP contribution in [0.5, 0.6) is 5.75 Å². The minimum absolute atomic E-state index is 0.00174. The van der Waals surface area contributed by atoms with Gasteiger partial charge in [-0.25, -0.2) is 0 Å². The molecule has 0 spiro atoms. The Kier molecular flexibility index (Phi) is 4.98. The zero-order valence-corrected chi connectivity index (χ0v) is 17.2. The summed E-state index contributed by atoms with van der Waals surface area (Å²) in [5.74, 6) is 1.66. The number of benzene rings is 1. The molecule has 0 aromatic heterocycles. The Morgan fingerprint density at radius 2 is 1.86 bits per heavy atom. The zero-order chi connectivity index (χ0) is 20.1. The third-order valence-electron chi connectivity index (χ3n) is 7.50. The molecule has 0 saturated heterocycles. The van der Waals surface area contributed by atoms with Gasteiger partial charge >= 0.3 is 11.9 Å². The molecule has 3 aliphatic carbocycles. The van der Waals surface area contributed by atoms with E-state index >= 15 is 0 Å². The normalized spacial score (nSPS) is 36.1. The fourth-order valence-corrected chi connectivity index (χ4v) is 6.34. The van der Waals surface area contributed by atoms with Crippen molar-refractivity contribution in [2.24, 2.45) is 17.3 Å². The van der Waals surface area contributed by atoms with Crippen LogP contribution in [0.25, 0.3) is 0 Å². The first-order valence-corrected chi connectivity index (χ1v) is 10.4. The number of fused-ring (bicyclic) bond motifs is 5. The van der Waals surface area contributed by atoms with E-state index in [0.29, 0.717) is 23.5 Å². The average Bonchev–Trinajstić information content (AvgIpc) is 2.96. The van der Waals surface area contributed by atoms with Crippen molar-refractivity contribution >= 4 is 11.9 Å². The quantitative estimate of drug-likeness (QED) is 0.564. The van der Waals surface area contributed by atoms with Gasteiger partial charge in [-0.3, -0.25) is 9.59 Å². The predicted octanol–water partition coefficient (Wildman–Crippen LogP) is 4.54. The molecule has 1 aromatic carbocycles. The van der Waals surface area contributed by atoms with Gasteiger partial charge in [0.2, 0.25) is 0 Å². The molecule has 3 aliphatic rings. The lowest BCUT2D eigenvalue weighted by molar-refractivity contribution is -0.155. The van der Waals surface area contributed by atoms with Gasteiger partial charge in [0.15, 0.2) is 0 Å². The van der Waals surface area contributed by atoms with Gasteiger partial charge in [-0.2, -0.15) is 0 Å². The fraction of sp³-hybridized carbons (Fsp3) is 0.652. The summed E-state index contributed by atoms with van der Waals surface area (Å²) in [7, 11) is 1.76. The summed E-state index contributed by atoms with van der Waals surface area (Å²) in [6.45, 7) is 5.25. The monoisotopic (exact) mass is 386 g/mol. The Balaban J connectivity index is 1.65. The summed E-state index contributed by atoms with van der Waals surface area (Å²) in [5, 5.41) is 0. The minimum atomic E-state index is -0.307. The zero-order valence-electron chi connectivity index (χ0n) is 17.2. The van der Waals surface area contributed by atoms with Crippen LogP contribution in [0.1, 0.15) is 76.0 Å². The van der Waals surface area contributed by atoms with Gasteiger partial charge in [-0.05, 0) is 73.1 Å². The molecule has 5 heteroatoms. The smallest absolute Gasteiger partial charge is 0.308 e. The summed E-state index contributed by atoms with van der Waals surface area (Å²) >= 11 is 0. The Hall–Kier alpha value is -1.88. The molecule has 0 N–H and O–H groups in total. The van der Waals surface area contributed by atoms with Gasteiger partial charge in [0.05, 0.1) is 6.10 Å². The maximum Gasteiger partial charge on any atom is 0.308 e. The molecule has 28 heavy (non-hydrogen) atoms. The molecule has 0 amide bonds. The van der Waals surface area contributed by atoms with E-state index in [0.717, 1.165) is 37.7 Å². The van der Waals surface area contributed by atoms with Gasteiger partial charge in [0.25, 0.3) is 0 Å². The van der Waals surface area contributed by atoms with Gasteiger partial charge in [0.1, 0.15) is 11.9 Å². The lowest BCUT2D eigenvalue weighted by Gasteiger charge is -2.51. The molecule has 0 unspecified atom stereocenters. The largest absolute Gasteiger partial charge is 0.462 e. The highest BCUT2D eigenvalue weighted by Gasteiger charge is 2.57. The highest BCUT2D eigenvalue weighted by Crippen LogP contribution is 2.63. The molecule has 4 rings (SSSR count). The van der Waals surface area contributed by atoms with Crippen LogP contribution >= 0.6 is 0 Å². The molecular weight excluding hydrogens is 356 g/mol. The molecule has 1 aromatic rings. The van der Waals surface area contributed by atoms with Crippen LogP contribution in [0.3, 0.4) is 0 Å². The molecule has 152 valence electrons. The number of esters is 2. The maximum absolute atomic E-state index is 11.6. The van der Waals surface area contributed by atoms with E-state index in [-0.39, 0.29) is 29.6 Å². The fourth-order valence-electron chi connectivity index (χ4n) is 6.34. The second kappa shape index (κ2) is 7.18. The first-order chi connectivity index (χ1) is 13.3. The van der Waals surface area contributed by atoms with Crippen LogP contribution in [0.4, 0.5) is 0 Å². The Bertz CT molecular complexity index is 787. The molecule has 0 aliphatic heterocycles. The molecule has 2 fully saturated rings. The topological polar surface area (TPSA) is 61.8 Å². The van der Waals surface area contributed by atoms with Gasteiger partial charge in [-0.1, -0.05) is 13.0 Å². The molecule has 0 bridgehead atoms. The summed E-state index contributed by atoms with van der Waals surface area (Å²) in [5.41, 5.74) is 2.54. The van der Waals surface area contributed by atoms with Crippen LogP contribution in [0.15, 0.2) is 18.2 Å². The lowest BCUT2D eigenvalue weighted by atomic mass is 9.55. The molecule has 2 saturated carbocycles. The first kappa shape index (κ1) is 19.4. The first-order valence-electron chi connectivity index (χ1n) is 10.4. The van der Waals surface area contributed by atoms with Crippen LogP contribution in [-0.4, -0.2) is 25.2 Å². The molecule has 5 nitrogen and oxygen atoms in total. The highest BCUT2D eigenvalue weighted by molar-refractivity contribution is 5.69. The number of ether oxygens (including phenoxy) is 3. The van der Waals surface area contributed by atoms with Gasteiger partial charge in [-0.15, -0.1) is 0 Å². The lowest BCUT2D eigenvalue weighted by Crippen LogP contribution is -2.45. The van der Waals surface area contributed by atoms with E-state index < -0.39 is 0 Å². The third kappa shape index (κ3) is 3.14. The van der Waals surface area contributed by atoms with E-state index in [1.807, 2.05) is 12.1 Å². The van der Waals surface area contributed by atoms with Gasteiger partial charge in [0, 0.05) is 26.4 Å². The van der Waals surface area contributed by atoms with Crippen molar-refractivity contribution in [3.05, 3.63) is 29.3 Å². The number of carbonyl (C=O) groups is 2. The van der Waals surface area contributed by atoms with E-state index in [1.165, 1.54) is 19.4 Å². The summed E-state index contributed by atoms with van der Waals surface area (Å²) in [6.07, 6.45) is 5.22. The second-order valence-electron chi connectivity index (χ2n) is 8.94. The van der Waals surface area contributed by atoms with E-state index in [9.17, 15) is 9.59 Å². The molecule has 6 atom stereocenters. The number of hydrogen-bond donors (Lipinski definition) is 0. The van der Waals surface area contributed by atoms with Crippen molar-refractivity contribution < 1.29 is 23.8 Å². The summed E-state index contributed by atoms with van der Waals surface area (Å²) < 4.78 is 16.9. The maximum atomic E-state index is 11.6. The van der Waals surface area contributed by atoms with E-state index in [2.05, 4.69) is 13.0 Å². The summed E-state index contributed by atoms with van der Waals surface area (Å²) in [4.78, 5) is 22.9. The number of methoxy groups -OCH3 is 1. The van der Waals surface area contributed by atoms with E-state index in [1.54, 1.807) is 7.11 Å². The van der Waals surface area contributed by atoms with Crippen molar-refractivity contribution in [3.8, 4) is 5.75 Å². The number of hydrogen-bond acceptors (Lipinski definition) is 5. The van der Waals surface area contributed by atoms with Crippen molar-refractivity contribution in [2.75, 3.05) is 7.11 Å². The number of rotatable bonds is 3. The highest BCUT2D eigenvalue weighted by atomic mass is 16.5. The van der Waals surface area contributed by atoms with Crippen molar-refractivity contribution in [1.82, 2.24) is 0 Å². The average molecular weight is 386 g/mol. The van der Waals surface area contributed by atoms with Crippen LogP contribution in [0.2, 0.25) is 0 Å². The standard InChI is InChI=1S/C23H30O5/c1-13(24)27-15-5-6-16-17-9-10-23(3)20(7-8-22(23)28-14(2)25)18(17)12-21(26-4)19(16)11-15/h5-6,11,17-18,20-22H,7-10,12H2,1-4H3/t17-,18-,20+,21+,22+,23+/m1/s1. The van der Waals surface area contributed by atoms with Crippen LogP contribution in [0, 0.1) is 17.3 Å². The molecular formula is C23H30O5. The Morgan fingerprint density at radius 1 is 1.07 bits per heavy atom. The Labute approximate surface area is 166 Å². The molecule has 0 radical (unpaired) electrons. The van der Waals surface area contributed by atoms with E-state index in [4.69, 9.17) is 14.2 Å². The number of carbonyl (C=O) groups excluding carboxylic acids is 2. The van der Waals surface area contributed by atoms with Gasteiger partial charge < -0.3 is 14.2 Å². The second-order valence-corrected chi connectivity index (χ2v) is 8.94. The third-order valence-corrected chi connectivity index (χ3v) is 7.50. The molecule has 0 heterocycles. The van der Waals surface area contributed by atoms with Crippen molar-refractivity contribution in [1.29, 1.82) is 0 Å². The minimum Gasteiger partial charge on any atom is -0.462 e. The van der Waals surface area contributed by atoms with Crippen molar-refractivity contribution in [2.45, 2.75) is 71.0 Å². The predicted molar refractivity (Wildman–Crippen MR) is 104 cm³/mol. The SMILES string of the molecule is CO[C@H]1C[C@@H]2[C@H](CC[C@]3(C)[C@@H](OC(C)=O)CC[C@@H]23)c2ccc(OC(C)=O)cc21.